The molecule has 2 aromatic rings. The number of para-hydroxylation sites is 1. The average molecular weight is 302 g/mol. The van der Waals surface area contributed by atoms with Crippen LogP contribution in [0.1, 0.15) is 19.4 Å². The molecule has 0 unspecified atom stereocenters. The Labute approximate surface area is 131 Å². The van der Waals surface area contributed by atoms with Gasteiger partial charge in [0.1, 0.15) is 4.99 Å². The Morgan fingerprint density at radius 1 is 1.38 bits per heavy atom. The predicted molar refractivity (Wildman–Crippen MR) is 93.9 cm³/mol. The van der Waals surface area contributed by atoms with Crippen LogP contribution < -0.4 is 11.1 Å². The van der Waals surface area contributed by atoms with E-state index in [9.17, 15) is 0 Å². The molecule has 0 aliphatic heterocycles. The van der Waals surface area contributed by atoms with Gasteiger partial charge in [0, 0.05) is 30.7 Å². The van der Waals surface area contributed by atoms with E-state index in [4.69, 9.17) is 18.0 Å². The van der Waals surface area contributed by atoms with E-state index in [-0.39, 0.29) is 0 Å². The van der Waals surface area contributed by atoms with Crippen molar-refractivity contribution >= 4 is 33.8 Å². The van der Waals surface area contributed by atoms with Gasteiger partial charge in [0.05, 0.1) is 16.8 Å². The number of pyridine rings is 1. The van der Waals surface area contributed by atoms with Crippen LogP contribution in [0.15, 0.2) is 30.5 Å². The first-order valence-electron chi connectivity index (χ1n) is 7.12. The molecule has 0 aliphatic rings. The summed E-state index contributed by atoms with van der Waals surface area (Å²) in [6, 6.07) is 8.53. The van der Waals surface area contributed by atoms with Crippen molar-refractivity contribution in [1.29, 1.82) is 0 Å². The third-order valence-corrected chi connectivity index (χ3v) is 3.91. The summed E-state index contributed by atoms with van der Waals surface area (Å²) >= 11 is 5.14. The van der Waals surface area contributed by atoms with Crippen molar-refractivity contribution < 1.29 is 0 Å². The van der Waals surface area contributed by atoms with Gasteiger partial charge in [0.2, 0.25) is 0 Å². The number of nitrogens with two attached hydrogens (primary N) is 1. The van der Waals surface area contributed by atoms with Crippen LogP contribution in [0.4, 0.5) is 5.69 Å². The SMILES string of the molecule is CC(C)N(C)CCNc1c(C(N)=S)cnc2ccccc12. The first-order valence-corrected chi connectivity index (χ1v) is 7.53. The van der Waals surface area contributed by atoms with Crippen LogP contribution >= 0.6 is 12.2 Å². The number of nitrogens with zero attached hydrogens (tertiary/aromatic N) is 2. The van der Waals surface area contributed by atoms with Crippen molar-refractivity contribution in [3.8, 4) is 0 Å². The van der Waals surface area contributed by atoms with E-state index < -0.39 is 0 Å². The van der Waals surface area contributed by atoms with E-state index in [1.807, 2.05) is 24.3 Å². The lowest BCUT2D eigenvalue weighted by Crippen LogP contribution is -2.31. The third kappa shape index (κ3) is 3.68. The molecule has 1 heterocycles. The van der Waals surface area contributed by atoms with Crippen molar-refractivity contribution in [2.45, 2.75) is 19.9 Å². The fourth-order valence-corrected chi connectivity index (χ4v) is 2.29. The number of anilines is 1. The lowest BCUT2D eigenvalue weighted by molar-refractivity contribution is 0.284. The second-order valence-corrected chi connectivity index (χ2v) is 5.87. The number of rotatable bonds is 6. The van der Waals surface area contributed by atoms with Crippen LogP contribution in [0.2, 0.25) is 0 Å². The molecule has 0 amide bonds. The standard InChI is InChI=1S/C16H22N4S/c1-11(2)20(3)9-8-18-15-12-6-4-5-7-14(12)19-10-13(15)16(17)21/h4-7,10-11H,8-9H2,1-3H3,(H2,17,21)(H,18,19). The predicted octanol–water partition coefficient (Wildman–Crippen LogP) is 2.62. The van der Waals surface area contributed by atoms with E-state index in [0.717, 1.165) is 35.2 Å². The van der Waals surface area contributed by atoms with Gasteiger partial charge in [-0.05, 0) is 27.0 Å². The monoisotopic (exact) mass is 302 g/mol. The van der Waals surface area contributed by atoms with Gasteiger partial charge in [-0.1, -0.05) is 30.4 Å². The number of aromatic nitrogens is 1. The smallest absolute Gasteiger partial charge is 0.107 e. The maximum atomic E-state index is 5.83. The summed E-state index contributed by atoms with van der Waals surface area (Å²) in [5.74, 6) is 0. The summed E-state index contributed by atoms with van der Waals surface area (Å²) in [7, 11) is 2.12. The Hall–Kier alpha value is -1.72. The van der Waals surface area contributed by atoms with E-state index in [1.165, 1.54) is 0 Å². The number of hydrogen-bond acceptors (Lipinski definition) is 4. The summed E-state index contributed by atoms with van der Waals surface area (Å²) in [5, 5.41) is 4.53. The highest BCUT2D eigenvalue weighted by molar-refractivity contribution is 7.80. The molecule has 5 heteroatoms. The summed E-state index contributed by atoms with van der Waals surface area (Å²) in [6.07, 6.45) is 1.75. The Morgan fingerprint density at radius 3 is 2.76 bits per heavy atom. The maximum Gasteiger partial charge on any atom is 0.107 e. The second kappa shape index (κ2) is 6.83. The first kappa shape index (κ1) is 15.7. The molecule has 0 aliphatic carbocycles. The van der Waals surface area contributed by atoms with Crippen LogP contribution in [0.3, 0.4) is 0 Å². The number of benzene rings is 1. The molecule has 1 aromatic carbocycles. The summed E-state index contributed by atoms with van der Waals surface area (Å²) in [4.78, 5) is 7.07. The van der Waals surface area contributed by atoms with Gasteiger partial charge in [-0.15, -0.1) is 0 Å². The summed E-state index contributed by atoms with van der Waals surface area (Å²) < 4.78 is 0. The molecule has 4 nitrogen and oxygen atoms in total. The molecule has 0 saturated carbocycles. The molecule has 0 radical (unpaired) electrons. The van der Waals surface area contributed by atoms with Gasteiger partial charge in [-0.25, -0.2) is 0 Å². The molecule has 0 fully saturated rings. The zero-order chi connectivity index (χ0) is 15.4. The van der Waals surface area contributed by atoms with Crippen molar-refractivity contribution in [2.24, 2.45) is 5.73 Å². The Balaban J connectivity index is 2.27. The molecule has 0 spiro atoms. The third-order valence-electron chi connectivity index (χ3n) is 3.69. The molecular weight excluding hydrogens is 280 g/mol. The van der Waals surface area contributed by atoms with Crippen LogP contribution in [-0.2, 0) is 0 Å². The molecule has 2 rings (SSSR count). The van der Waals surface area contributed by atoms with Gasteiger partial charge in [0.15, 0.2) is 0 Å². The molecular formula is C16H22N4S. The van der Waals surface area contributed by atoms with Crippen LogP contribution in [-0.4, -0.2) is 41.1 Å². The van der Waals surface area contributed by atoms with Crippen molar-refractivity contribution in [3.05, 3.63) is 36.0 Å². The number of fused-ring (bicyclic) bond motifs is 1. The van der Waals surface area contributed by atoms with E-state index in [0.29, 0.717) is 11.0 Å². The quantitative estimate of drug-likeness (QED) is 0.803. The maximum absolute atomic E-state index is 5.83. The Morgan fingerprint density at radius 2 is 2.10 bits per heavy atom. The second-order valence-electron chi connectivity index (χ2n) is 5.43. The minimum absolute atomic E-state index is 0.368. The Kier molecular flexibility index (Phi) is 5.09. The fraction of sp³-hybridized carbons (Fsp3) is 0.375. The van der Waals surface area contributed by atoms with Crippen LogP contribution in [0.5, 0.6) is 0 Å². The van der Waals surface area contributed by atoms with Crippen LogP contribution in [0.25, 0.3) is 10.9 Å². The Bertz CT molecular complexity index is 639. The number of thiocarbonyl (C=S) groups is 1. The topological polar surface area (TPSA) is 54.2 Å². The van der Waals surface area contributed by atoms with Gasteiger partial charge >= 0.3 is 0 Å². The zero-order valence-electron chi connectivity index (χ0n) is 12.8. The molecule has 0 bridgehead atoms. The molecule has 1 aromatic heterocycles. The molecule has 0 saturated heterocycles. The molecule has 3 N–H and O–H groups in total. The van der Waals surface area contributed by atoms with E-state index >= 15 is 0 Å². The fourth-order valence-electron chi connectivity index (χ4n) is 2.13. The molecule has 112 valence electrons. The number of likely N-dealkylation sites (N-methyl/N-ethyl adjacent to an activating group) is 1. The summed E-state index contributed by atoms with van der Waals surface area (Å²) in [5.41, 5.74) is 8.55. The zero-order valence-corrected chi connectivity index (χ0v) is 13.6. The van der Waals surface area contributed by atoms with Crippen molar-refractivity contribution in [3.63, 3.8) is 0 Å². The van der Waals surface area contributed by atoms with Gasteiger partial charge in [-0.2, -0.15) is 0 Å². The number of nitrogens with one attached hydrogen (secondary N) is 1. The minimum Gasteiger partial charge on any atom is -0.389 e. The van der Waals surface area contributed by atoms with Gasteiger partial charge in [0.25, 0.3) is 0 Å². The lowest BCUT2D eigenvalue weighted by atomic mass is 10.1. The van der Waals surface area contributed by atoms with Gasteiger partial charge in [-0.3, -0.25) is 4.98 Å². The highest BCUT2D eigenvalue weighted by Gasteiger charge is 2.11. The lowest BCUT2D eigenvalue weighted by Gasteiger charge is -2.22. The van der Waals surface area contributed by atoms with E-state index in [1.54, 1.807) is 6.20 Å². The van der Waals surface area contributed by atoms with E-state index in [2.05, 4.69) is 36.1 Å². The largest absolute Gasteiger partial charge is 0.389 e. The molecule has 0 atom stereocenters. The highest BCUT2D eigenvalue weighted by Crippen LogP contribution is 2.25. The first-order chi connectivity index (χ1) is 10.0. The normalized spacial score (nSPS) is 11.3. The van der Waals surface area contributed by atoms with Gasteiger partial charge < -0.3 is 16.0 Å². The summed E-state index contributed by atoms with van der Waals surface area (Å²) in [6.45, 7) is 6.15. The van der Waals surface area contributed by atoms with Crippen molar-refractivity contribution in [2.75, 3.05) is 25.5 Å². The molecule has 21 heavy (non-hydrogen) atoms. The minimum atomic E-state index is 0.368. The van der Waals surface area contributed by atoms with Crippen LogP contribution in [0, 0.1) is 0 Å². The highest BCUT2D eigenvalue weighted by atomic mass is 32.1. The van der Waals surface area contributed by atoms with Crippen molar-refractivity contribution in [1.82, 2.24) is 9.88 Å². The number of hydrogen-bond donors (Lipinski definition) is 2. The average Bonchev–Trinajstić information content (AvgIpc) is 2.46.